The van der Waals surface area contributed by atoms with Crippen molar-refractivity contribution in [2.24, 2.45) is 5.73 Å². The molecule has 0 radical (unpaired) electrons. The molecule has 0 aliphatic heterocycles. The number of hydrogen-bond acceptors (Lipinski definition) is 1. The van der Waals surface area contributed by atoms with Gasteiger partial charge in [-0.3, -0.25) is 0 Å². The van der Waals surface area contributed by atoms with Gasteiger partial charge in [0.15, 0.2) is 0 Å². The largest absolute Gasteiger partial charge is 0.330 e. The Morgan fingerprint density at radius 1 is 0.550 bits per heavy atom. The van der Waals surface area contributed by atoms with Crippen molar-refractivity contribution in [3.63, 3.8) is 0 Å². The lowest BCUT2D eigenvalue weighted by Crippen LogP contribution is -1.93. The minimum Gasteiger partial charge on any atom is -0.330 e. The highest BCUT2D eigenvalue weighted by molar-refractivity contribution is 9.09. The Hall–Kier alpha value is 0.440. The number of unbranched alkanes of at least 4 members (excludes halogenated alkanes) is 12. The van der Waals surface area contributed by atoms with E-state index in [1.54, 1.807) is 0 Å². The first-order valence-electron chi connectivity index (χ1n) is 9.09. The molecule has 0 unspecified atom stereocenters. The van der Waals surface area contributed by atoms with Gasteiger partial charge in [0, 0.05) is 5.33 Å². The summed E-state index contributed by atoms with van der Waals surface area (Å²) in [5, 5.41) is 1.19. The quantitative estimate of drug-likeness (QED) is 0.270. The van der Waals surface area contributed by atoms with Crippen molar-refractivity contribution in [1.82, 2.24) is 0 Å². The number of hydrogen-bond donors (Lipinski definition) is 1. The van der Waals surface area contributed by atoms with Gasteiger partial charge in [-0.05, 0) is 19.4 Å². The van der Waals surface area contributed by atoms with E-state index in [0.29, 0.717) is 0 Å². The summed E-state index contributed by atoms with van der Waals surface area (Å²) in [6.07, 6.45) is 19.9. The molecule has 0 spiro atoms. The molecule has 0 heterocycles. The topological polar surface area (TPSA) is 26.0 Å². The summed E-state index contributed by atoms with van der Waals surface area (Å²) in [5.41, 5.74) is 5.03. The van der Waals surface area contributed by atoms with Gasteiger partial charge in [-0.2, -0.15) is 0 Å². The third kappa shape index (κ3) is 26.9. The minimum absolute atomic E-state index is 0.819. The highest BCUT2D eigenvalue weighted by Crippen LogP contribution is 2.12. The van der Waals surface area contributed by atoms with Crippen LogP contribution in [-0.4, -0.2) is 11.9 Å². The molecule has 2 heteroatoms. The molecule has 2 N–H and O–H groups in total. The Kier molecular flexibility index (Phi) is 27.8. The van der Waals surface area contributed by atoms with Gasteiger partial charge in [0.2, 0.25) is 0 Å². The van der Waals surface area contributed by atoms with E-state index in [9.17, 15) is 0 Å². The summed E-state index contributed by atoms with van der Waals surface area (Å²) in [6, 6.07) is 0. The molecule has 0 rings (SSSR count). The maximum Gasteiger partial charge on any atom is 0.00313 e. The first kappa shape index (κ1) is 22.7. The lowest BCUT2D eigenvalue weighted by atomic mass is 10.1. The van der Waals surface area contributed by atoms with Gasteiger partial charge in [-0.15, -0.1) is 0 Å². The summed E-state index contributed by atoms with van der Waals surface area (Å²) in [5.74, 6) is 0. The highest BCUT2D eigenvalue weighted by Gasteiger charge is 1.92. The summed E-state index contributed by atoms with van der Waals surface area (Å²) >= 11 is 3.48. The Morgan fingerprint density at radius 3 is 1.10 bits per heavy atom. The van der Waals surface area contributed by atoms with Gasteiger partial charge < -0.3 is 5.73 Å². The molecule has 0 amide bonds. The lowest BCUT2D eigenvalue weighted by Gasteiger charge is -2.02. The van der Waals surface area contributed by atoms with Crippen LogP contribution in [0.25, 0.3) is 0 Å². The van der Waals surface area contributed by atoms with Gasteiger partial charge >= 0.3 is 0 Å². The van der Waals surface area contributed by atoms with Crippen LogP contribution >= 0.6 is 15.9 Å². The second-order valence-electron chi connectivity index (χ2n) is 5.72. The SMILES string of the molecule is CCCCCCCCCCCCCCCBr.CCCN. The van der Waals surface area contributed by atoms with Crippen molar-refractivity contribution in [3.8, 4) is 0 Å². The molecular weight excluding hydrogens is 310 g/mol. The smallest absolute Gasteiger partial charge is 0.00313 e. The molecule has 0 saturated heterocycles. The number of alkyl halides is 1. The van der Waals surface area contributed by atoms with Crippen molar-refractivity contribution in [2.45, 2.75) is 104 Å². The van der Waals surface area contributed by atoms with E-state index >= 15 is 0 Å². The minimum atomic E-state index is 0.819. The van der Waals surface area contributed by atoms with Crippen molar-refractivity contribution in [2.75, 3.05) is 11.9 Å². The van der Waals surface area contributed by atoms with Crippen LogP contribution in [0.5, 0.6) is 0 Å². The molecule has 124 valence electrons. The second-order valence-corrected chi connectivity index (χ2v) is 6.51. The first-order valence-corrected chi connectivity index (χ1v) is 10.2. The van der Waals surface area contributed by atoms with E-state index in [4.69, 9.17) is 5.73 Å². The van der Waals surface area contributed by atoms with Crippen LogP contribution < -0.4 is 5.73 Å². The van der Waals surface area contributed by atoms with Gasteiger partial charge in [0.25, 0.3) is 0 Å². The van der Waals surface area contributed by atoms with Crippen molar-refractivity contribution >= 4 is 15.9 Å². The van der Waals surface area contributed by atoms with Gasteiger partial charge in [0.1, 0.15) is 0 Å². The van der Waals surface area contributed by atoms with E-state index in [-0.39, 0.29) is 0 Å². The van der Waals surface area contributed by atoms with E-state index in [1.807, 2.05) is 0 Å². The standard InChI is InChI=1S/C15H31Br.C3H9N/c1-2-3-4-5-6-7-8-9-10-11-12-13-14-15-16;1-2-3-4/h2-15H2,1H3;2-4H2,1H3. The van der Waals surface area contributed by atoms with Crippen LogP contribution in [0.4, 0.5) is 0 Å². The predicted octanol–water partition coefficient (Wildman–Crippen LogP) is 6.83. The fraction of sp³-hybridized carbons (Fsp3) is 1.00. The third-order valence-electron chi connectivity index (χ3n) is 3.53. The average molecular weight is 350 g/mol. The molecule has 0 aliphatic carbocycles. The number of nitrogens with two attached hydrogens (primary N) is 1. The van der Waals surface area contributed by atoms with Gasteiger partial charge in [-0.25, -0.2) is 0 Å². The van der Waals surface area contributed by atoms with Crippen molar-refractivity contribution in [1.29, 1.82) is 0 Å². The zero-order valence-corrected chi connectivity index (χ0v) is 15.9. The van der Waals surface area contributed by atoms with Crippen molar-refractivity contribution in [3.05, 3.63) is 0 Å². The van der Waals surface area contributed by atoms with Crippen LogP contribution in [-0.2, 0) is 0 Å². The Bertz CT molecular complexity index is 123. The molecule has 0 atom stereocenters. The van der Waals surface area contributed by atoms with E-state index in [2.05, 4.69) is 29.8 Å². The molecule has 0 fully saturated rings. The van der Waals surface area contributed by atoms with Crippen LogP contribution in [0.1, 0.15) is 104 Å². The zero-order valence-electron chi connectivity index (χ0n) is 14.3. The fourth-order valence-electron chi connectivity index (χ4n) is 2.11. The molecular formula is C18H40BrN. The first-order chi connectivity index (χ1) is 9.83. The average Bonchev–Trinajstić information content (AvgIpc) is 2.49. The number of halogens is 1. The molecule has 1 nitrogen and oxygen atoms in total. The van der Waals surface area contributed by atoms with Crippen LogP contribution in [0, 0.1) is 0 Å². The summed E-state index contributed by atoms with van der Waals surface area (Å²) in [7, 11) is 0. The van der Waals surface area contributed by atoms with E-state index in [1.165, 1.54) is 88.8 Å². The van der Waals surface area contributed by atoms with Gasteiger partial charge in [0.05, 0.1) is 0 Å². The Balaban J connectivity index is 0. The third-order valence-corrected chi connectivity index (χ3v) is 4.09. The monoisotopic (exact) mass is 349 g/mol. The number of rotatable bonds is 14. The van der Waals surface area contributed by atoms with Crippen molar-refractivity contribution < 1.29 is 0 Å². The highest BCUT2D eigenvalue weighted by atomic mass is 79.9. The zero-order chi connectivity index (χ0) is 15.3. The Labute approximate surface area is 137 Å². The molecule has 0 aromatic heterocycles. The Morgan fingerprint density at radius 2 is 0.850 bits per heavy atom. The molecule has 0 aromatic rings. The molecule has 0 bridgehead atoms. The van der Waals surface area contributed by atoms with Crippen LogP contribution in [0.2, 0.25) is 0 Å². The maximum absolute atomic E-state index is 5.03. The normalized spacial score (nSPS) is 10.2. The fourth-order valence-corrected chi connectivity index (χ4v) is 2.51. The van der Waals surface area contributed by atoms with E-state index < -0.39 is 0 Å². The predicted molar refractivity (Wildman–Crippen MR) is 98.8 cm³/mol. The van der Waals surface area contributed by atoms with Crippen LogP contribution in [0.15, 0.2) is 0 Å². The molecule has 0 saturated carbocycles. The molecule has 20 heavy (non-hydrogen) atoms. The lowest BCUT2D eigenvalue weighted by molar-refractivity contribution is 0.543. The van der Waals surface area contributed by atoms with Gasteiger partial charge in [-0.1, -0.05) is 107 Å². The molecule has 0 aromatic carbocycles. The summed E-state index contributed by atoms with van der Waals surface area (Å²) in [6.45, 7) is 5.16. The second kappa shape index (κ2) is 24.5. The molecule has 0 aliphatic rings. The summed E-state index contributed by atoms with van der Waals surface area (Å²) < 4.78 is 0. The summed E-state index contributed by atoms with van der Waals surface area (Å²) in [4.78, 5) is 0. The van der Waals surface area contributed by atoms with Crippen LogP contribution in [0.3, 0.4) is 0 Å². The maximum atomic E-state index is 5.03. The van der Waals surface area contributed by atoms with E-state index in [0.717, 1.165) is 13.0 Å².